The number of aryl methyl sites for hydroxylation is 3. The number of pyridine rings is 1. The number of nitrogens with one attached hydrogen (secondary N) is 1. The van der Waals surface area contributed by atoms with Gasteiger partial charge in [0, 0.05) is 17.8 Å². The van der Waals surface area contributed by atoms with Crippen molar-refractivity contribution in [2.75, 3.05) is 0 Å². The van der Waals surface area contributed by atoms with Gasteiger partial charge in [-0.05, 0) is 45.0 Å². The van der Waals surface area contributed by atoms with Crippen molar-refractivity contribution in [1.29, 1.82) is 0 Å². The third-order valence-electron chi connectivity index (χ3n) is 5.19. The molecule has 0 unspecified atom stereocenters. The van der Waals surface area contributed by atoms with Gasteiger partial charge in [0.1, 0.15) is 23.0 Å². The molecule has 0 spiro atoms. The minimum Gasteiger partial charge on any atom is -0.465 e. The van der Waals surface area contributed by atoms with Crippen LogP contribution >= 0.6 is 11.3 Å². The van der Waals surface area contributed by atoms with E-state index in [1.165, 1.54) is 0 Å². The number of thiazole rings is 1. The number of hydrogen-bond donors (Lipinski definition) is 1. The standard InChI is InChI=1S/C23H22N6O2S/c1-14-7-8-18(31-14)10-24-23(30)21-20-6-4-5-9-29(20)22(27-21)19-12-28(15(2)25-19)11-17-13-32-16(3)26-17/h4-9,12-13H,10-11H2,1-3H3,(H,24,30). The molecule has 0 saturated heterocycles. The zero-order chi connectivity index (χ0) is 22.2. The first-order valence-corrected chi connectivity index (χ1v) is 11.1. The van der Waals surface area contributed by atoms with Crippen LogP contribution in [0.15, 0.2) is 52.5 Å². The summed E-state index contributed by atoms with van der Waals surface area (Å²) in [6.07, 6.45) is 3.85. The highest BCUT2D eigenvalue weighted by molar-refractivity contribution is 7.09. The Morgan fingerprint density at radius 2 is 2.00 bits per heavy atom. The Hall–Kier alpha value is -3.72. The van der Waals surface area contributed by atoms with Gasteiger partial charge in [-0.1, -0.05) is 6.07 Å². The van der Waals surface area contributed by atoms with Gasteiger partial charge < -0.3 is 14.3 Å². The Labute approximate surface area is 188 Å². The lowest BCUT2D eigenvalue weighted by Gasteiger charge is -2.01. The zero-order valence-electron chi connectivity index (χ0n) is 18.0. The highest BCUT2D eigenvalue weighted by Crippen LogP contribution is 2.23. The van der Waals surface area contributed by atoms with E-state index in [0.717, 1.165) is 27.8 Å². The molecule has 5 aromatic heterocycles. The number of fused-ring (bicyclic) bond motifs is 1. The number of aromatic nitrogens is 5. The molecule has 5 heterocycles. The van der Waals surface area contributed by atoms with Gasteiger partial charge in [0.15, 0.2) is 11.5 Å². The van der Waals surface area contributed by atoms with E-state index in [-0.39, 0.29) is 5.91 Å². The van der Waals surface area contributed by atoms with Crippen LogP contribution in [0.2, 0.25) is 0 Å². The fourth-order valence-corrected chi connectivity index (χ4v) is 4.25. The fourth-order valence-electron chi connectivity index (χ4n) is 3.65. The van der Waals surface area contributed by atoms with Crippen molar-refractivity contribution in [1.82, 2.24) is 29.2 Å². The molecule has 0 radical (unpaired) electrons. The highest BCUT2D eigenvalue weighted by Gasteiger charge is 2.20. The van der Waals surface area contributed by atoms with E-state index in [9.17, 15) is 4.79 Å². The van der Waals surface area contributed by atoms with E-state index in [1.54, 1.807) is 11.3 Å². The summed E-state index contributed by atoms with van der Waals surface area (Å²) in [5.74, 6) is 2.73. The lowest BCUT2D eigenvalue weighted by Crippen LogP contribution is -2.23. The van der Waals surface area contributed by atoms with Gasteiger partial charge in [-0.15, -0.1) is 11.3 Å². The summed E-state index contributed by atoms with van der Waals surface area (Å²) in [7, 11) is 0. The molecule has 0 bridgehead atoms. The predicted octanol–water partition coefficient (Wildman–Crippen LogP) is 4.15. The average Bonchev–Trinajstić information content (AvgIpc) is 3.54. The first kappa shape index (κ1) is 20.2. The summed E-state index contributed by atoms with van der Waals surface area (Å²) in [6.45, 7) is 6.77. The van der Waals surface area contributed by atoms with Crippen LogP contribution in [0.5, 0.6) is 0 Å². The largest absolute Gasteiger partial charge is 0.465 e. The Balaban J connectivity index is 1.46. The van der Waals surface area contributed by atoms with Gasteiger partial charge >= 0.3 is 0 Å². The third kappa shape index (κ3) is 3.82. The fraction of sp³-hybridized carbons (Fsp3) is 0.217. The first-order valence-electron chi connectivity index (χ1n) is 10.2. The second-order valence-corrected chi connectivity index (χ2v) is 8.66. The van der Waals surface area contributed by atoms with Crippen molar-refractivity contribution in [3.8, 4) is 11.5 Å². The molecule has 162 valence electrons. The highest BCUT2D eigenvalue weighted by atomic mass is 32.1. The van der Waals surface area contributed by atoms with Crippen LogP contribution in [-0.2, 0) is 13.1 Å². The minimum absolute atomic E-state index is 0.261. The smallest absolute Gasteiger partial charge is 0.272 e. The van der Waals surface area contributed by atoms with Crippen LogP contribution in [0.4, 0.5) is 0 Å². The normalized spacial score (nSPS) is 11.3. The lowest BCUT2D eigenvalue weighted by molar-refractivity contribution is 0.0945. The summed E-state index contributed by atoms with van der Waals surface area (Å²) < 4.78 is 9.48. The molecular weight excluding hydrogens is 424 g/mol. The SMILES string of the molecule is Cc1ccc(CNC(=O)c2nc(-c3cn(Cc4csc(C)n4)c(C)n3)n3ccccc23)o1. The second kappa shape index (κ2) is 8.08. The van der Waals surface area contributed by atoms with Gasteiger partial charge in [-0.3, -0.25) is 9.20 Å². The van der Waals surface area contributed by atoms with Gasteiger partial charge in [-0.25, -0.2) is 15.0 Å². The van der Waals surface area contributed by atoms with Crippen molar-refractivity contribution in [3.05, 3.63) is 81.8 Å². The van der Waals surface area contributed by atoms with Crippen LogP contribution < -0.4 is 5.32 Å². The molecule has 0 aliphatic rings. The van der Waals surface area contributed by atoms with Crippen molar-refractivity contribution < 1.29 is 9.21 Å². The molecule has 5 aromatic rings. The topological polar surface area (TPSA) is 90.2 Å². The third-order valence-corrected chi connectivity index (χ3v) is 6.01. The average molecular weight is 447 g/mol. The predicted molar refractivity (Wildman–Crippen MR) is 122 cm³/mol. The zero-order valence-corrected chi connectivity index (χ0v) is 18.8. The number of nitrogens with zero attached hydrogens (tertiary/aromatic N) is 5. The molecule has 1 N–H and O–H groups in total. The molecule has 0 aromatic carbocycles. The number of amides is 1. The van der Waals surface area contributed by atoms with Gasteiger partial charge in [0.25, 0.3) is 5.91 Å². The molecule has 8 nitrogen and oxygen atoms in total. The maximum atomic E-state index is 12.9. The van der Waals surface area contributed by atoms with Crippen molar-refractivity contribution in [2.24, 2.45) is 0 Å². The van der Waals surface area contributed by atoms with E-state index in [2.05, 4.69) is 20.7 Å². The minimum atomic E-state index is -0.261. The summed E-state index contributed by atoms with van der Waals surface area (Å²) >= 11 is 1.63. The molecule has 32 heavy (non-hydrogen) atoms. The summed E-state index contributed by atoms with van der Waals surface area (Å²) in [5.41, 5.74) is 2.78. The van der Waals surface area contributed by atoms with E-state index < -0.39 is 0 Å². The number of hydrogen-bond acceptors (Lipinski definition) is 6. The van der Waals surface area contributed by atoms with E-state index in [0.29, 0.717) is 36.1 Å². The number of furan rings is 1. The molecule has 0 saturated carbocycles. The van der Waals surface area contributed by atoms with Crippen molar-refractivity contribution in [3.63, 3.8) is 0 Å². The monoisotopic (exact) mass is 446 g/mol. The van der Waals surface area contributed by atoms with E-state index in [1.807, 2.05) is 72.5 Å². The van der Waals surface area contributed by atoms with Crippen LogP contribution in [0.1, 0.15) is 38.5 Å². The number of imidazole rings is 2. The van der Waals surface area contributed by atoms with Crippen LogP contribution in [0, 0.1) is 20.8 Å². The number of rotatable bonds is 6. The van der Waals surface area contributed by atoms with Gasteiger partial charge in [-0.2, -0.15) is 0 Å². The number of carbonyl (C=O) groups is 1. The molecule has 0 aliphatic carbocycles. The molecule has 0 fully saturated rings. The summed E-state index contributed by atoms with van der Waals surface area (Å²) in [5, 5.41) is 5.99. The number of carbonyl (C=O) groups excluding carboxylic acids is 1. The maximum Gasteiger partial charge on any atom is 0.272 e. The molecule has 1 amide bonds. The van der Waals surface area contributed by atoms with Crippen LogP contribution in [0.25, 0.3) is 17.0 Å². The van der Waals surface area contributed by atoms with Gasteiger partial charge in [0.05, 0.1) is 29.3 Å². The molecule has 0 atom stereocenters. The van der Waals surface area contributed by atoms with E-state index >= 15 is 0 Å². The Morgan fingerprint density at radius 1 is 1.12 bits per heavy atom. The summed E-state index contributed by atoms with van der Waals surface area (Å²) in [4.78, 5) is 26.9. The molecule has 0 aliphatic heterocycles. The molecule has 5 rings (SSSR count). The Morgan fingerprint density at radius 3 is 2.75 bits per heavy atom. The van der Waals surface area contributed by atoms with Crippen LogP contribution in [-0.4, -0.2) is 29.8 Å². The maximum absolute atomic E-state index is 12.9. The quantitative estimate of drug-likeness (QED) is 0.423. The Kier molecular flexibility index (Phi) is 5.10. The summed E-state index contributed by atoms with van der Waals surface area (Å²) in [6, 6.07) is 9.41. The molecule has 9 heteroatoms. The second-order valence-electron chi connectivity index (χ2n) is 7.59. The van der Waals surface area contributed by atoms with Crippen molar-refractivity contribution in [2.45, 2.75) is 33.9 Å². The first-order chi connectivity index (χ1) is 15.5. The molecular formula is C23H22N6O2S. The Bertz CT molecular complexity index is 1420. The van der Waals surface area contributed by atoms with Gasteiger partial charge in [0.2, 0.25) is 0 Å². The van der Waals surface area contributed by atoms with Crippen LogP contribution in [0.3, 0.4) is 0 Å². The van der Waals surface area contributed by atoms with Crippen molar-refractivity contribution >= 4 is 22.8 Å². The lowest BCUT2D eigenvalue weighted by atomic mass is 10.3. The van der Waals surface area contributed by atoms with E-state index in [4.69, 9.17) is 9.40 Å².